The van der Waals surface area contributed by atoms with E-state index < -0.39 is 0 Å². The van der Waals surface area contributed by atoms with Gasteiger partial charge < -0.3 is 4.74 Å². The first-order valence-corrected chi connectivity index (χ1v) is 5.23. The molecule has 3 heteroatoms. The van der Waals surface area contributed by atoms with Gasteiger partial charge in [-0.15, -0.1) is 0 Å². The van der Waals surface area contributed by atoms with Crippen molar-refractivity contribution >= 4 is 21.9 Å². The van der Waals surface area contributed by atoms with Crippen molar-refractivity contribution < 1.29 is 9.53 Å². The fourth-order valence-corrected chi connectivity index (χ4v) is 1.94. The minimum Gasteiger partial charge on any atom is -0.465 e. The number of hydrogen-bond acceptors (Lipinski definition) is 2. The number of halogens is 1. The molecule has 0 fully saturated rings. The zero-order valence-corrected chi connectivity index (χ0v) is 10.1. The third kappa shape index (κ3) is 2.35. The van der Waals surface area contributed by atoms with Crippen LogP contribution in [0.3, 0.4) is 0 Å². The van der Waals surface area contributed by atoms with Crippen molar-refractivity contribution in [3.8, 4) is 0 Å². The highest BCUT2D eigenvalue weighted by atomic mass is 79.9. The smallest absolute Gasteiger partial charge is 0.337 e. The van der Waals surface area contributed by atoms with Crippen LogP contribution in [0.1, 0.15) is 35.7 Å². The van der Waals surface area contributed by atoms with Crippen LogP contribution < -0.4 is 0 Å². The van der Waals surface area contributed by atoms with E-state index in [9.17, 15) is 4.79 Å². The highest BCUT2D eigenvalue weighted by molar-refractivity contribution is 9.10. The Labute approximate surface area is 92.4 Å². The summed E-state index contributed by atoms with van der Waals surface area (Å²) < 4.78 is 5.68. The Balaban J connectivity index is 3.13. The van der Waals surface area contributed by atoms with Crippen molar-refractivity contribution in [1.29, 1.82) is 0 Å². The van der Waals surface area contributed by atoms with E-state index in [0.717, 1.165) is 10.0 Å². The first kappa shape index (κ1) is 11.2. The number of benzene rings is 1. The van der Waals surface area contributed by atoms with Crippen LogP contribution in [0.2, 0.25) is 0 Å². The van der Waals surface area contributed by atoms with Crippen LogP contribution in [-0.4, -0.2) is 13.1 Å². The largest absolute Gasteiger partial charge is 0.465 e. The highest BCUT2D eigenvalue weighted by Gasteiger charge is 2.10. The van der Waals surface area contributed by atoms with Crippen molar-refractivity contribution in [3.05, 3.63) is 33.8 Å². The zero-order chi connectivity index (χ0) is 10.7. The normalized spacial score (nSPS) is 10.4. The van der Waals surface area contributed by atoms with Crippen molar-refractivity contribution in [2.24, 2.45) is 0 Å². The van der Waals surface area contributed by atoms with E-state index in [-0.39, 0.29) is 5.97 Å². The SMILES string of the molecule is COC(=O)c1ccc(Br)c(C(C)C)c1. The van der Waals surface area contributed by atoms with Gasteiger partial charge in [0, 0.05) is 4.47 Å². The number of methoxy groups -OCH3 is 1. The number of ether oxygens (including phenoxy) is 1. The lowest BCUT2D eigenvalue weighted by Crippen LogP contribution is -2.02. The molecule has 0 aliphatic carbocycles. The Bertz CT molecular complexity index is 345. The number of carbonyl (C=O) groups is 1. The monoisotopic (exact) mass is 256 g/mol. The molecule has 0 atom stereocenters. The van der Waals surface area contributed by atoms with Gasteiger partial charge in [0.15, 0.2) is 0 Å². The average Bonchev–Trinajstić information content (AvgIpc) is 2.17. The fraction of sp³-hybridized carbons (Fsp3) is 0.364. The second kappa shape index (κ2) is 4.60. The van der Waals surface area contributed by atoms with E-state index in [2.05, 4.69) is 34.5 Å². The van der Waals surface area contributed by atoms with Gasteiger partial charge in [0.1, 0.15) is 0 Å². The van der Waals surface area contributed by atoms with Crippen LogP contribution >= 0.6 is 15.9 Å². The third-order valence-corrected chi connectivity index (χ3v) is 2.76. The third-order valence-electron chi connectivity index (χ3n) is 2.04. The summed E-state index contributed by atoms with van der Waals surface area (Å²) >= 11 is 3.45. The molecule has 1 aromatic rings. The summed E-state index contributed by atoms with van der Waals surface area (Å²) in [6.45, 7) is 4.17. The van der Waals surface area contributed by atoms with Crippen LogP contribution in [0, 0.1) is 0 Å². The molecule has 0 saturated carbocycles. The van der Waals surface area contributed by atoms with E-state index in [4.69, 9.17) is 0 Å². The molecule has 0 amide bonds. The molecule has 0 radical (unpaired) electrons. The van der Waals surface area contributed by atoms with Crippen LogP contribution in [0.4, 0.5) is 0 Å². The summed E-state index contributed by atoms with van der Waals surface area (Å²) in [6.07, 6.45) is 0. The molecule has 0 spiro atoms. The zero-order valence-electron chi connectivity index (χ0n) is 8.50. The standard InChI is InChI=1S/C11H13BrO2/c1-7(2)9-6-8(11(13)14-3)4-5-10(9)12/h4-7H,1-3H3. The van der Waals surface area contributed by atoms with Gasteiger partial charge in [-0.3, -0.25) is 0 Å². The summed E-state index contributed by atoms with van der Waals surface area (Å²) in [6, 6.07) is 5.49. The second-order valence-electron chi connectivity index (χ2n) is 3.38. The molecule has 0 unspecified atom stereocenters. The maximum absolute atomic E-state index is 11.3. The van der Waals surface area contributed by atoms with E-state index in [1.807, 2.05) is 12.1 Å². The number of hydrogen-bond donors (Lipinski definition) is 0. The van der Waals surface area contributed by atoms with Gasteiger partial charge in [0.25, 0.3) is 0 Å². The number of rotatable bonds is 2. The molecular weight excluding hydrogens is 244 g/mol. The molecular formula is C11H13BrO2. The Kier molecular flexibility index (Phi) is 3.69. The molecule has 2 nitrogen and oxygen atoms in total. The Morgan fingerprint density at radius 2 is 2.07 bits per heavy atom. The van der Waals surface area contributed by atoms with Crippen LogP contribution in [0.15, 0.2) is 22.7 Å². The highest BCUT2D eigenvalue weighted by Crippen LogP contribution is 2.25. The van der Waals surface area contributed by atoms with E-state index in [0.29, 0.717) is 11.5 Å². The predicted molar refractivity (Wildman–Crippen MR) is 59.6 cm³/mol. The first-order valence-electron chi connectivity index (χ1n) is 4.44. The summed E-state index contributed by atoms with van der Waals surface area (Å²) in [5, 5.41) is 0. The molecule has 76 valence electrons. The fourth-order valence-electron chi connectivity index (χ4n) is 1.23. The van der Waals surface area contributed by atoms with Gasteiger partial charge in [-0.1, -0.05) is 29.8 Å². The van der Waals surface area contributed by atoms with Crippen molar-refractivity contribution in [3.63, 3.8) is 0 Å². The quantitative estimate of drug-likeness (QED) is 0.759. The summed E-state index contributed by atoms with van der Waals surface area (Å²) in [7, 11) is 1.39. The minimum absolute atomic E-state index is 0.292. The molecule has 14 heavy (non-hydrogen) atoms. The van der Waals surface area contributed by atoms with Crippen LogP contribution in [-0.2, 0) is 4.74 Å². The van der Waals surface area contributed by atoms with Crippen molar-refractivity contribution in [2.75, 3.05) is 7.11 Å². The lowest BCUT2D eigenvalue weighted by atomic mass is 10.0. The molecule has 0 bridgehead atoms. The Hall–Kier alpha value is -0.830. The number of carbonyl (C=O) groups excluding carboxylic acids is 1. The second-order valence-corrected chi connectivity index (χ2v) is 4.24. The number of esters is 1. The topological polar surface area (TPSA) is 26.3 Å². The average molecular weight is 257 g/mol. The van der Waals surface area contributed by atoms with Crippen LogP contribution in [0.25, 0.3) is 0 Å². The maximum atomic E-state index is 11.3. The minimum atomic E-state index is -0.292. The van der Waals surface area contributed by atoms with E-state index in [1.165, 1.54) is 7.11 Å². The Morgan fingerprint density at radius 1 is 1.43 bits per heavy atom. The van der Waals surface area contributed by atoms with Crippen molar-refractivity contribution in [1.82, 2.24) is 0 Å². The molecule has 0 heterocycles. The molecule has 1 aromatic carbocycles. The van der Waals surface area contributed by atoms with Gasteiger partial charge in [-0.05, 0) is 29.7 Å². The Morgan fingerprint density at radius 3 is 2.57 bits per heavy atom. The predicted octanol–water partition coefficient (Wildman–Crippen LogP) is 3.36. The molecule has 0 saturated heterocycles. The molecule has 0 N–H and O–H groups in total. The van der Waals surface area contributed by atoms with Crippen molar-refractivity contribution in [2.45, 2.75) is 19.8 Å². The first-order chi connectivity index (χ1) is 6.56. The van der Waals surface area contributed by atoms with Gasteiger partial charge in [0.2, 0.25) is 0 Å². The molecule has 0 aliphatic heterocycles. The van der Waals surface area contributed by atoms with E-state index in [1.54, 1.807) is 6.07 Å². The summed E-state index contributed by atoms with van der Waals surface area (Å²) in [5.74, 6) is 0.0911. The lowest BCUT2D eigenvalue weighted by molar-refractivity contribution is 0.0600. The summed E-state index contributed by atoms with van der Waals surface area (Å²) in [4.78, 5) is 11.3. The maximum Gasteiger partial charge on any atom is 0.337 e. The molecule has 0 aliphatic rings. The summed E-state index contributed by atoms with van der Waals surface area (Å²) in [5.41, 5.74) is 1.72. The van der Waals surface area contributed by atoms with Gasteiger partial charge in [-0.25, -0.2) is 4.79 Å². The van der Waals surface area contributed by atoms with Gasteiger partial charge in [0.05, 0.1) is 12.7 Å². The molecule has 1 rings (SSSR count). The van der Waals surface area contributed by atoms with E-state index >= 15 is 0 Å². The molecule has 0 aromatic heterocycles. The van der Waals surface area contributed by atoms with Gasteiger partial charge >= 0.3 is 5.97 Å². The lowest BCUT2D eigenvalue weighted by Gasteiger charge is -2.09. The van der Waals surface area contributed by atoms with Gasteiger partial charge in [-0.2, -0.15) is 0 Å². The van der Waals surface area contributed by atoms with Crippen LogP contribution in [0.5, 0.6) is 0 Å².